The van der Waals surface area contributed by atoms with E-state index in [0.29, 0.717) is 29.3 Å². The Kier molecular flexibility index (Phi) is 4.90. The third kappa shape index (κ3) is 4.21. The highest BCUT2D eigenvalue weighted by atomic mass is 16.2. The van der Waals surface area contributed by atoms with E-state index >= 15 is 0 Å². The van der Waals surface area contributed by atoms with E-state index in [9.17, 15) is 14.4 Å². The average molecular weight is 389 g/mol. The van der Waals surface area contributed by atoms with E-state index in [1.54, 1.807) is 30.3 Å². The number of benzene rings is 2. The highest BCUT2D eigenvalue weighted by Crippen LogP contribution is 2.21. The van der Waals surface area contributed by atoms with Crippen LogP contribution in [0.25, 0.3) is 11.4 Å². The zero-order valence-electron chi connectivity index (χ0n) is 15.7. The lowest BCUT2D eigenvalue weighted by Crippen LogP contribution is -2.22. The van der Waals surface area contributed by atoms with Gasteiger partial charge in [-0.2, -0.15) is 5.10 Å². The van der Waals surface area contributed by atoms with Gasteiger partial charge in [0.15, 0.2) is 5.82 Å². The summed E-state index contributed by atoms with van der Waals surface area (Å²) < 4.78 is 0. The van der Waals surface area contributed by atoms with Crippen molar-refractivity contribution in [2.45, 2.75) is 19.8 Å². The second-order valence-electron chi connectivity index (χ2n) is 6.99. The van der Waals surface area contributed by atoms with E-state index in [0.717, 1.165) is 11.1 Å². The molecular weight excluding hydrogens is 370 g/mol. The van der Waals surface area contributed by atoms with E-state index in [1.807, 2.05) is 25.1 Å². The monoisotopic (exact) mass is 389 g/mol. The van der Waals surface area contributed by atoms with Gasteiger partial charge in [0.05, 0.1) is 5.92 Å². The molecule has 1 fully saturated rings. The van der Waals surface area contributed by atoms with Crippen LogP contribution in [0.5, 0.6) is 0 Å². The van der Waals surface area contributed by atoms with Crippen LogP contribution >= 0.6 is 0 Å². The molecule has 2 heterocycles. The van der Waals surface area contributed by atoms with Crippen molar-refractivity contribution in [2.75, 3.05) is 5.32 Å². The summed E-state index contributed by atoms with van der Waals surface area (Å²) in [5, 5.41) is 12.1. The number of carbonyl (C=O) groups excluding carboxylic acids is 3. The van der Waals surface area contributed by atoms with Crippen LogP contribution in [0.1, 0.15) is 28.2 Å². The summed E-state index contributed by atoms with van der Waals surface area (Å²) in [6, 6.07) is 14.3. The molecule has 0 radical (unpaired) electrons. The molecule has 0 bridgehead atoms. The van der Waals surface area contributed by atoms with Crippen molar-refractivity contribution in [3.63, 3.8) is 0 Å². The predicted molar refractivity (Wildman–Crippen MR) is 106 cm³/mol. The summed E-state index contributed by atoms with van der Waals surface area (Å²) in [5.41, 5.74) is 2.84. The molecule has 0 saturated carbocycles. The van der Waals surface area contributed by atoms with Crippen LogP contribution in [0, 0.1) is 12.8 Å². The number of rotatable bonds is 5. The summed E-state index contributed by atoms with van der Waals surface area (Å²) in [7, 11) is 0. The number of H-pyrrole nitrogens is 1. The van der Waals surface area contributed by atoms with Crippen molar-refractivity contribution < 1.29 is 14.4 Å². The van der Waals surface area contributed by atoms with E-state index in [1.165, 1.54) is 0 Å². The van der Waals surface area contributed by atoms with Crippen molar-refractivity contribution in [3.05, 3.63) is 65.5 Å². The van der Waals surface area contributed by atoms with Gasteiger partial charge in [-0.3, -0.25) is 24.8 Å². The lowest BCUT2D eigenvalue weighted by Gasteiger charge is -2.09. The fourth-order valence-electron chi connectivity index (χ4n) is 3.26. The molecule has 1 aliphatic rings. The Morgan fingerprint density at radius 3 is 2.62 bits per heavy atom. The molecule has 1 aliphatic heterocycles. The molecule has 2 aromatic carbocycles. The molecule has 8 nitrogen and oxygen atoms in total. The summed E-state index contributed by atoms with van der Waals surface area (Å²) in [5.74, 6) is 0.223. The first-order chi connectivity index (χ1) is 14.0. The number of aromatic nitrogens is 3. The molecule has 1 saturated heterocycles. The quantitative estimate of drug-likeness (QED) is 0.579. The Morgan fingerprint density at radius 1 is 1.17 bits per heavy atom. The lowest BCUT2D eigenvalue weighted by molar-refractivity contribution is -0.125. The summed E-state index contributed by atoms with van der Waals surface area (Å²) >= 11 is 0. The van der Waals surface area contributed by atoms with Crippen LogP contribution in [-0.2, 0) is 16.0 Å². The predicted octanol–water partition coefficient (Wildman–Crippen LogP) is 2.24. The van der Waals surface area contributed by atoms with Gasteiger partial charge in [-0.1, -0.05) is 24.3 Å². The van der Waals surface area contributed by atoms with Gasteiger partial charge in [-0.15, -0.1) is 0 Å². The SMILES string of the molecule is Cc1nc(-c2cccc(NC(=O)c3ccc(CC4CC(=O)NC4=O)cc3)c2)n[nH]1. The maximum absolute atomic E-state index is 12.6. The first-order valence-corrected chi connectivity index (χ1v) is 9.21. The minimum atomic E-state index is -0.343. The molecular formula is C21H19N5O3. The molecule has 3 amide bonds. The largest absolute Gasteiger partial charge is 0.322 e. The Hall–Kier alpha value is -3.81. The first-order valence-electron chi connectivity index (χ1n) is 9.21. The fourth-order valence-corrected chi connectivity index (χ4v) is 3.26. The molecule has 0 aliphatic carbocycles. The number of imide groups is 1. The Bertz CT molecular complexity index is 1090. The maximum Gasteiger partial charge on any atom is 0.255 e. The molecule has 1 atom stereocenters. The molecule has 29 heavy (non-hydrogen) atoms. The topological polar surface area (TPSA) is 117 Å². The van der Waals surface area contributed by atoms with Gasteiger partial charge in [0.2, 0.25) is 11.8 Å². The second kappa shape index (κ2) is 7.67. The van der Waals surface area contributed by atoms with Crippen molar-refractivity contribution in [2.24, 2.45) is 5.92 Å². The van der Waals surface area contributed by atoms with Gasteiger partial charge >= 0.3 is 0 Å². The number of nitrogens with one attached hydrogen (secondary N) is 3. The number of amides is 3. The zero-order chi connectivity index (χ0) is 20.4. The molecule has 8 heteroatoms. The van der Waals surface area contributed by atoms with Gasteiger partial charge in [-0.25, -0.2) is 4.98 Å². The Morgan fingerprint density at radius 2 is 1.97 bits per heavy atom. The third-order valence-corrected chi connectivity index (χ3v) is 4.74. The van der Waals surface area contributed by atoms with Crippen LogP contribution in [0.4, 0.5) is 5.69 Å². The van der Waals surface area contributed by atoms with Crippen molar-refractivity contribution in [3.8, 4) is 11.4 Å². The van der Waals surface area contributed by atoms with Crippen LogP contribution in [-0.4, -0.2) is 32.9 Å². The molecule has 4 rings (SSSR count). The minimum absolute atomic E-state index is 0.210. The van der Waals surface area contributed by atoms with E-state index in [2.05, 4.69) is 25.8 Å². The first kappa shape index (κ1) is 18.5. The molecule has 0 spiro atoms. The van der Waals surface area contributed by atoms with Crippen molar-refractivity contribution >= 4 is 23.4 Å². The second-order valence-corrected chi connectivity index (χ2v) is 6.99. The number of nitrogens with zero attached hydrogens (tertiary/aromatic N) is 2. The minimum Gasteiger partial charge on any atom is -0.322 e. The van der Waals surface area contributed by atoms with Crippen molar-refractivity contribution in [1.29, 1.82) is 0 Å². The van der Waals surface area contributed by atoms with Gasteiger partial charge in [0, 0.05) is 23.2 Å². The van der Waals surface area contributed by atoms with Crippen LogP contribution in [0.3, 0.4) is 0 Å². The molecule has 1 unspecified atom stereocenters. The number of carbonyl (C=O) groups is 3. The normalized spacial score (nSPS) is 16.0. The third-order valence-electron chi connectivity index (χ3n) is 4.74. The highest BCUT2D eigenvalue weighted by Gasteiger charge is 2.30. The highest BCUT2D eigenvalue weighted by molar-refractivity contribution is 6.05. The molecule has 1 aromatic heterocycles. The Labute approximate surface area is 166 Å². The maximum atomic E-state index is 12.6. The standard InChI is InChI=1S/C21H19N5O3/c1-12-22-19(26-25-12)15-3-2-4-17(10-15)23-20(28)14-7-5-13(6-8-14)9-16-11-18(27)24-21(16)29/h2-8,10,16H,9,11H2,1H3,(H,23,28)(H,22,25,26)(H,24,27,29). The molecule has 3 N–H and O–H groups in total. The number of hydrogen-bond acceptors (Lipinski definition) is 5. The van der Waals surface area contributed by atoms with E-state index < -0.39 is 0 Å². The summed E-state index contributed by atoms with van der Waals surface area (Å²) in [6.07, 6.45) is 0.680. The van der Waals surface area contributed by atoms with E-state index in [4.69, 9.17) is 0 Å². The van der Waals surface area contributed by atoms with E-state index in [-0.39, 0.29) is 30.1 Å². The summed E-state index contributed by atoms with van der Waals surface area (Å²) in [4.78, 5) is 39.8. The zero-order valence-corrected chi connectivity index (χ0v) is 15.7. The van der Waals surface area contributed by atoms with Gasteiger partial charge < -0.3 is 5.32 Å². The Balaban J connectivity index is 1.42. The van der Waals surface area contributed by atoms with Crippen molar-refractivity contribution in [1.82, 2.24) is 20.5 Å². The molecule has 3 aromatic rings. The van der Waals surface area contributed by atoms with Crippen LogP contribution in [0.15, 0.2) is 48.5 Å². The summed E-state index contributed by atoms with van der Waals surface area (Å²) in [6.45, 7) is 1.82. The number of aryl methyl sites for hydroxylation is 1. The van der Waals surface area contributed by atoms with Gasteiger partial charge in [0.1, 0.15) is 5.82 Å². The number of aromatic amines is 1. The number of hydrogen-bond donors (Lipinski definition) is 3. The fraction of sp³-hybridized carbons (Fsp3) is 0.190. The number of anilines is 1. The van der Waals surface area contributed by atoms with Gasteiger partial charge in [-0.05, 0) is 43.2 Å². The molecule has 146 valence electrons. The average Bonchev–Trinajstić information content (AvgIpc) is 3.27. The smallest absolute Gasteiger partial charge is 0.255 e. The van der Waals surface area contributed by atoms with Gasteiger partial charge in [0.25, 0.3) is 5.91 Å². The van der Waals surface area contributed by atoms with Crippen LogP contribution < -0.4 is 10.6 Å². The lowest BCUT2D eigenvalue weighted by atomic mass is 9.97. The van der Waals surface area contributed by atoms with Crippen LogP contribution in [0.2, 0.25) is 0 Å².